The lowest BCUT2D eigenvalue weighted by Gasteiger charge is -2.47. The number of rotatable bonds is 5. The van der Waals surface area contributed by atoms with Crippen molar-refractivity contribution in [2.24, 2.45) is 0 Å². The van der Waals surface area contributed by atoms with Crippen molar-refractivity contribution in [3.8, 4) is 0 Å². The molecular weight excluding hydrogens is 716 g/mol. The molecule has 2 aliphatic rings. The molecule has 0 aliphatic carbocycles. The van der Waals surface area contributed by atoms with Gasteiger partial charge < -0.3 is 9.46 Å². The molecule has 2 unspecified atom stereocenters. The number of nitrogens with zero attached hydrogens (tertiary/aromatic N) is 1. The van der Waals surface area contributed by atoms with Crippen LogP contribution in [0.25, 0.3) is 0 Å². The predicted molar refractivity (Wildman–Crippen MR) is 229 cm³/mol. The first-order valence-corrected chi connectivity index (χ1v) is 24.3. The molecule has 2 nitrogen and oxygen atoms in total. The first-order chi connectivity index (χ1) is 24.8. The third-order valence-electron chi connectivity index (χ3n) is 10.2. The van der Waals surface area contributed by atoms with Crippen molar-refractivity contribution < 1.29 is 4.57 Å². The van der Waals surface area contributed by atoms with Crippen molar-refractivity contribution in [2.75, 3.05) is 4.90 Å². The minimum absolute atomic E-state index is 0.774. The van der Waals surface area contributed by atoms with Crippen LogP contribution in [0.1, 0.15) is 11.1 Å². The Morgan fingerprint density at radius 3 is 1.22 bits per heavy atom. The van der Waals surface area contributed by atoms with Gasteiger partial charge in [0.1, 0.15) is 0 Å². The second-order valence-corrected chi connectivity index (χ2v) is 24.8. The number of anilines is 3. The fourth-order valence-electron chi connectivity index (χ4n) is 7.82. The van der Waals surface area contributed by atoms with Gasteiger partial charge in [-0.2, -0.15) is 0 Å². The van der Waals surface area contributed by atoms with Gasteiger partial charge in [-0.25, -0.2) is 0 Å². The third kappa shape index (κ3) is 4.78. The molecule has 0 saturated carbocycles. The average molecular weight is 750 g/mol. The molecule has 0 amide bonds. The van der Waals surface area contributed by atoms with Crippen LogP contribution in [0.15, 0.2) is 170 Å². The molecule has 0 aromatic heterocycles. The van der Waals surface area contributed by atoms with Crippen LogP contribution in [-0.4, -0.2) is 0 Å². The average Bonchev–Trinajstić information content (AvgIpc) is 3.18. The van der Waals surface area contributed by atoms with E-state index >= 15 is 4.57 Å². The van der Waals surface area contributed by atoms with E-state index in [0.29, 0.717) is 0 Å². The first-order valence-electron chi connectivity index (χ1n) is 17.0. The number of benzene rings is 7. The van der Waals surface area contributed by atoms with Crippen LogP contribution in [0.3, 0.4) is 0 Å². The predicted octanol–water partition coefficient (Wildman–Crippen LogP) is 7.55. The Bertz CT molecular complexity index is 2470. The molecule has 0 fully saturated rings. The van der Waals surface area contributed by atoms with Gasteiger partial charge in [0, 0.05) is 49.2 Å². The maximum atomic E-state index is 16.3. The van der Waals surface area contributed by atoms with E-state index in [2.05, 4.69) is 128 Å². The number of aryl methyl sites for hydroxylation is 2. The lowest BCUT2D eigenvalue weighted by atomic mass is 10.1. The molecule has 2 aliphatic heterocycles. The minimum atomic E-state index is -3.42. The number of hydrogen-bond acceptors (Lipinski definition) is 4. The van der Waals surface area contributed by atoms with Crippen LogP contribution in [-0.2, 0) is 28.2 Å². The summed E-state index contributed by atoms with van der Waals surface area (Å²) in [6.45, 7) is 4.29. The summed E-state index contributed by atoms with van der Waals surface area (Å²) in [5, 5.41) is 8.99. The molecule has 0 saturated heterocycles. The highest BCUT2D eigenvalue weighted by Crippen LogP contribution is 2.61. The summed E-state index contributed by atoms with van der Waals surface area (Å²) < 4.78 is 16.3. The summed E-state index contributed by atoms with van der Waals surface area (Å²) in [6, 6.07) is 53.6. The largest absolute Gasteiger partial charge is 0.309 e. The van der Waals surface area contributed by atoms with Gasteiger partial charge in [0.2, 0.25) is 0 Å². The molecule has 0 bridgehead atoms. The second-order valence-electron chi connectivity index (χ2n) is 13.3. The van der Waals surface area contributed by atoms with Crippen LogP contribution in [0.4, 0.5) is 17.1 Å². The molecule has 7 heteroatoms. The lowest BCUT2D eigenvalue weighted by Crippen LogP contribution is -2.47. The van der Waals surface area contributed by atoms with Crippen LogP contribution in [0.2, 0.25) is 0 Å². The van der Waals surface area contributed by atoms with Crippen LogP contribution in [0.5, 0.6) is 0 Å². The van der Waals surface area contributed by atoms with E-state index in [0.717, 1.165) is 75.9 Å². The second kappa shape index (κ2) is 12.2. The summed E-state index contributed by atoms with van der Waals surface area (Å²) in [5.41, 5.74) is 5.59. The van der Waals surface area contributed by atoms with Gasteiger partial charge in [-0.15, -0.1) is 0 Å². The third-order valence-corrected chi connectivity index (χ3v) is 23.0. The van der Waals surface area contributed by atoms with E-state index in [1.54, 1.807) is 0 Å². The van der Waals surface area contributed by atoms with Crippen LogP contribution >= 0.6 is 19.2 Å². The maximum absolute atomic E-state index is 16.3. The van der Waals surface area contributed by atoms with Crippen LogP contribution < -0.4 is 52.6 Å². The highest BCUT2D eigenvalue weighted by Gasteiger charge is 2.47. The summed E-state index contributed by atoms with van der Waals surface area (Å²) in [6.07, 6.45) is 0. The molecule has 51 heavy (non-hydrogen) atoms. The smallest absolute Gasteiger partial charge is 0.171 e. The van der Waals surface area contributed by atoms with E-state index < -0.39 is 19.2 Å². The first kappa shape index (κ1) is 32.8. The Morgan fingerprint density at radius 2 is 0.824 bits per heavy atom. The molecule has 0 spiro atoms. The molecular formula is C44H34NOP3S2. The SMILES string of the molecule is Cc1ccc2c(c1)P(=S)(c1ccccc1)c1cc(P(=O)(c3ccccc3)c3ccccc3)cc3c1N2c1ccc(C)cc1P3(=S)c1ccccc1. The monoisotopic (exact) mass is 749 g/mol. The Labute approximate surface area is 310 Å². The van der Waals surface area contributed by atoms with Crippen molar-refractivity contribution >= 4 is 108 Å². The molecule has 7 aromatic carbocycles. The maximum Gasteiger partial charge on any atom is 0.171 e. The Morgan fingerprint density at radius 1 is 0.451 bits per heavy atom. The fourth-order valence-corrected chi connectivity index (χ4v) is 19.5. The van der Waals surface area contributed by atoms with Gasteiger partial charge in [0.25, 0.3) is 0 Å². The summed E-state index contributed by atoms with van der Waals surface area (Å²) in [4.78, 5) is 2.43. The van der Waals surface area contributed by atoms with E-state index in [1.165, 1.54) is 0 Å². The quantitative estimate of drug-likeness (QED) is 0.170. The zero-order valence-corrected chi connectivity index (χ0v) is 32.5. The topological polar surface area (TPSA) is 20.3 Å². The normalized spacial score (nSPS) is 18.7. The van der Waals surface area contributed by atoms with Crippen molar-refractivity contribution in [3.63, 3.8) is 0 Å². The fraction of sp³-hybridized carbons (Fsp3) is 0.0455. The molecule has 2 atom stereocenters. The van der Waals surface area contributed by atoms with E-state index in [-0.39, 0.29) is 0 Å². The number of fused-ring (bicyclic) bond motifs is 4. The van der Waals surface area contributed by atoms with Crippen molar-refractivity contribution in [3.05, 3.63) is 181 Å². The summed E-state index contributed by atoms with van der Waals surface area (Å²) in [7, 11) is -3.42. The van der Waals surface area contributed by atoms with Gasteiger partial charge in [-0.3, -0.25) is 0 Å². The lowest BCUT2D eigenvalue weighted by molar-refractivity contribution is 0.592. The Hall–Kier alpha value is -4.13. The molecule has 7 aromatic rings. The van der Waals surface area contributed by atoms with Gasteiger partial charge in [0.05, 0.1) is 17.1 Å². The summed E-state index contributed by atoms with van der Waals surface area (Å²) in [5.74, 6) is 0. The molecule has 0 radical (unpaired) electrons. The highest BCUT2D eigenvalue weighted by atomic mass is 32.4. The minimum Gasteiger partial charge on any atom is -0.309 e. The van der Waals surface area contributed by atoms with E-state index in [9.17, 15) is 0 Å². The molecule has 248 valence electrons. The van der Waals surface area contributed by atoms with Crippen LogP contribution in [0, 0.1) is 13.8 Å². The standard InChI is InChI=1S/C44H34NOP3S2/c1-31-23-25-38-40(27-31)48(50,35-19-11-5-12-20-35)42-29-37(47(46,33-15-7-3-8-16-33)34-17-9-4-10-18-34)30-43-44(42)45(38)39-26-24-32(2)28-41(39)49(43,51)36-21-13-6-14-22-36/h3-30H,1-2H3. The van der Waals surface area contributed by atoms with Crippen molar-refractivity contribution in [1.29, 1.82) is 0 Å². The van der Waals surface area contributed by atoms with Crippen molar-refractivity contribution in [1.82, 2.24) is 0 Å². The van der Waals surface area contributed by atoms with Gasteiger partial charge in [0.15, 0.2) is 7.14 Å². The Balaban J connectivity index is 1.51. The van der Waals surface area contributed by atoms with E-state index in [4.69, 9.17) is 23.6 Å². The van der Waals surface area contributed by atoms with Gasteiger partial charge >= 0.3 is 0 Å². The molecule has 2 heterocycles. The van der Waals surface area contributed by atoms with Gasteiger partial charge in [-0.1, -0.05) is 168 Å². The zero-order chi connectivity index (χ0) is 35.0. The molecule has 9 rings (SSSR count). The van der Waals surface area contributed by atoms with Crippen molar-refractivity contribution in [2.45, 2.75) is 13.8 Å². The highest BCUT2D eigenvalue weighted by molar-refractivity contribution is 8.27. The summed E-state index contributed by atoms with van der Waals surface area (Å²) >= 11 is 14.3. The molecule has 0 N–H and O–H groups in total. The zero-order valence-electron chi connectivity index (χ0n) is 28.2. The Kier molecular flexibility index (Phi) is 7.86. The number of hydrogen-bond donors (Lipinski definition) is 0. The van der Waals surface area contributed by atoms with E-state index in [1.807, 2.05) is 60.7 Å². The van der Waals surface area contributed by atoms with Gasteiger partial charge in [-0.05, 0) is 60.9 Å².